The third-order valence-corrected chi connectivity index (χ3v) is 7.06. The molecule has 160 valence electrons. The topological polar surface area (TPSA) is 61.9 Å². The quantitative estimate of drug-likeness (QED) is 0.819. The highest BCUT2D eigenvalue weighted by Crippen LogP contribution is 2.46. The van der Waals surface area contributed by atoms with Crippen molar-refractivity contribution in [1.82, 2.24) is 4.90 Å². The Labute approximate surface area is 184 Å². The zero-order valence-electron chi connectivity index (χ0n) is 18.7. The minimum atomic E-state index is -0.777. The molecule has 2 heterocycles. The van der Waals surface area contributed by atoms with Crippen molar-refractivity contribution in [2.75, 3.05) is 25.5 Å². The maximum Gasteiger partial charge on any atom is 0.239 e. The molecule has 0 spiro atoms. The summed E-state index contributed by atoms with van der Waals surface area (Å²) in [4.78, 5) is 22.1. The van der Waals surface area contributed by atoms with Crippen LogP contribution in [0.3, 0.4) is 0 Å². The van der Waals surface area contributed by atoms with Gasteiger partial charge in [0, 0.05) is 26.3 Å². The lowest BCUT2D eigenvalue weighted by Gasteiger charge is -2.41. The molecular formula is C26H30N4O. The van der Waals surface area contributed by atoms with Crippen LogP contribution in [0.25, 0.3) is 6.08 Å². The molecule has 2 aromatic rings. The summed E-state index contributed by atoms with van der Waals surface area (Å²) in [6, 6.07) is 15.0. The largest absolute Gasteiger partial charge is 0.370 e. The summed E-state index contributed by atoms with van der Waals surface area (Å²) in [5.74, 6) is 0.505. The molecular weight excluding hydrogens is 384 g/mol. The van der Waals surface area contributed by atoms with E-state index in [9.17, 15) is 4.79 Å². The van der Waals surface area contributed by atoms with Crippen LogP contribution in [0, 0.1) is 0 Å². The summed E-state index contributed by atoms with van der Waals surface area (Å²) >= 11 is 0. The highest BCUT2D eigenvalue weighted by molar-refractivity contribution is 6.02. The van der Waals surface area contributed by atoms with Crippen LogP contribution in [0.2, 0.25) is 0 Å². The lowest BCUT2D eigenvalue weighted by molar-refractivity contribution is -0.130. The molecule has 0 unspecified atom stereocenters. The molecule has 1 saturated carbocycles. The normalized spacial score (nSPS) is 25.8. The summed E-state index contributed by atoms with van der Waals surface area (Å²) in [5.41, 5.74) is 12.5. The van der Waals surface area contributed by atoms with Gasteiger partial charge < -0.3 is 10.6 Å². The van der Waals surface area contributed by atoms with Crippen LogP contribution in [0.5, 0.6) is 0 Å². The zero-order valence-corrected chi connectivity index (χ0v) is 18.7. The van der Waals surface area contributed by atoms with Crippen molar-refractivity contribution in [2.24, 2.45) is 10.7 Å². The van der Waals surface area contributed by atoms with Gasteiger partial charge in [-0.15, -0.1) is 0 Å². The van der Waals surface area contributed by atoms with Gasteiger partial charge in [0.15, 0.2) is 5.96 Å². The first-order valence-corrected chi connectivity index (χ1v) is 11.0. The van der Waals surface area contributed by atoms with Gasteiger partial charge in [-0.1, -0.05) is 48.0 Å². The van der Waals surface area contributed by atoms with Gasteiger partial charge in [0.2, 0.25) is 5.91 Å². The molecule has 2 aromatic carbocycles. The minimum absolute atomic E-state index is 0.0176. The van der Waals surface area contributed by atoms with Gasteiger partial charge in [-0.05, 0) is 60.9 Å². The number of rotatable bonds is 3. The first kappa shape index (κ1) is 19.9. The molecule has 0 bridgehead atoms. The molecule has 2 aliphatic heterocycles. The van der Waals surface area contributed by atoms with Gasteiger partial charge >= 0.3 is 0 Å². The van der Waals surface area contributed by atoms with Crippen molar-refractivity contribution in [1.29, 1.82) is 0 Å². The van der Waals surface area contributed by atoms with E-state index in [0.717, 1.165) is 23.4 Å². The van der Waals surface area contributed by atoms with E-state index in [1.165, 1.54) is 34.4 Å². The van der Waals surface area contributed by atoms with E-state index in [1.807, 2.05) is 6.92 Å². The van der Waals surface area contributed by atoms with Crippen molar-refractivity contribution < 1.29 is 4.79 Å². The molecule has 5 rings (SSSR count). The fourth-order valence-corrected chi connectivity index (χ4v) is 5.08. The number of likely N-dealkylation sites (N-methyl/N-ethyl adjacent to an activating group) is 2. The molecule has 2 atom stereocenters. The van der Waals surface area contributed by atoms with Gasteiger partial charge in [-0.2, -0.15) is 0 Å². The van der Waals surface area contributed by atoms with Gasteiger partial charge in [-0.25, -0.2) is 4.99 Å². The molecule has 5 heteroatoms. The number of nitrogens with two attached hydrogens (primary N) is 1. The smallest absolute Gasteiger partial charge is 0.239 e. The third kappa shape index (κ3) is 3.23. The molecule has 5 nitrogen and oxygen atoms in total. The molecule has 1 aliphatic carbocycles. The van der Waals surface area contributed by atoms with Crippen molar-refractivity contribution in [2.45, 2.75) is 44.1 Å². The van der Waals surface area contributed by atoms with Crippen molar-refractivity contribution >= 4 is 23.6 Å². The average Bonchev–Trinajstić information content (AvgIpc) is 3.58. The van der Waals surface area contributed by atoms with Crippen molar-refractivity contribution in [3.05, 3.63) is 70.3 Å². The monoisotopic (exact) mass is 414 g/mol. The van der Waals surface area contributed by atoms with E-state index in [2.05, 4.69) is 67.4 Å². The zero-order chi connectivity index (χ0) is 21.9. The Morgan fingerprint density at radius 1 is 1.06 bits per heavy atom. The molecule has 3 aliphatic rings. The van der Waals surface area contributed by atoms with Gasteiger partial charge in [0.05, 0.1) is 5.92 Å². The molecule has 2 N–H and O–H groups in total. The highest BCUT2D eigenvalue weighted by atomic mass is 16.2. The number of carbonyl (C=O) groups excluding carboxylic acids is 1. The van der Waals surface area contributed by atoms with Gasteiger partial charge in [0.1, 0.15) is 5.54 Å². The number of hydrogen-bond acceptors (Lipinski definition) is 4. The predicted molar refractivity (Wildman–Crippen MR) is 126 cm³/mol. The van der Waals surface area contributed by atoms with Crippen LogP contribution < -0.4 is 10.6 Å². The van der Waals surface area contributed by atoms with E-state index in [4.69, 9.17) is 10.7 Å². The van der Waals surface area contributed by atoms with Crippen LogP contribution in [-0.4, -0.2) is 37.4 Å². The number of hydrogen-bond donors (Lipinski definition) is 1. The molecule has 0 radical (unpaired) electrons. The van der Waals surface area contributed by atoms with Crippen molar-refractivity contribution in [3.63, 3.8) is 0 Å². The highest BCUT2D eigenvalue weighted by Gasteiger charge is 2.47. The van der Waals surface area contributed by atoms with E-state index >= 15 is 0 Å². The summed E-state index contributed by atoms with van der Waals surface area (Å²) < 4.78 is 0. The van der Waals surface area contributed by atoms with Crippen LogP contribution in [0.1, 0.15) is 60.8 Å². The number of amides is 1. The molecule has 1 fully saturated rings. The Morgan fingerprint density at radius 2 is 1.74 bits per heavy atom. The standard InChI is InChI=1S/C26H30N4O/c1-16-13-20-11-12-21(14-22(20)29(3)15-16)26(2)23(24(31)30(4)25(27)28-26)19-9-7-18(8-10-19)17-5-6-17/h7-14,17,23H,5-6,15H2,1-4H3,(H2,27,28)/t23-,26+/m0/s1. The Hall–Kier alpha value is -3.08. The number of fused-ring (bicyclic) bond motifs is 1. The summed E-state index contributed by atoms with van der Waals surface area (Å²) in [7, 11) is 3.81. The maximum absolute atomic E-state index is 13.5. The second-order valence-corrected chi connectivity index (χ2v) is 9.51. The first-order valence-electron chi connectivity index (χ1n) is 11.0. The summed E-state index contributed by atoms with van der Waals surface area (Å²) in [5, 5.41) is 0. The van der Waals surface area contributed by atoms with Gasteiger partial charge in [-0.3, -0.25) is 9.69 Å². The molecule has 1 amide bonds. The van der Waals surface area contributed by atoms with Crippen LogP contribution >= 0.6 is 0 Å². The number of guanidine groups is 1. The summed E-state index contributed by atoms with van der Waals surface area (Å²) in [6.07, 6.45) is 4.76. The van der Waals surface area contributed by atoms with Crippen LogP contribution in [0.4, 0.5) is 5.69 Å². The number of carbonyl (C=O) groups is 1. The minimum Gasteiger partial charge on any atom is -0.370 e. The van der Waals surface area contributed by atoms with E-state index in [-0.39, 0.29) is 11.9 Å². The maximum atomic E-state index is 13.5. The van der Waals surface area contributed by atoms with E-state index < -0.39 is 11.5 Å². The Balaban J connectivity index is 1.63. The molecule has 0 aromatic heterocycles. The fraction of sp³-hybridized carbons (Fsp3) is 0.385. The first-order chi connectivity index (χ1) is 14.8. The average molecular weight is 415 g/mol. The fourth-order valence-electron chi connectivity index (χ4n) is 5.08. The molecule has 0 saturated heterocycles. The Morgan fingerprint density at radius 3 is 2.42 bits per heavy atom. The lowest BCUT2D eigenvalue weighted by atomic mass is 9.74. The predicted octanol–water partition coefficient (Wildman–Crippen LogP) is 4.20. The van der Waals surface area contributed by atoms with Crippen LogP contribution in [0.15, 0.2) is 53.0 Å². The van der Waals surface area contributed by atoms with E-state index in [0.29, 0.717) is 5.92 Å². The number of nitrogens with zero attached hydrogens (tertiary/aromatic N) is 3. The van der Waals surface area contributed by atoms with E-state index in [1.54, 1.807) is 7.05 Å². The number of aliphatic imine (C=N–C) groups is 1. The SMILES string of the molecule is CC1=Cc2ccc([C@@]3(C)N=C(N)N(C)C(=O)[C@@H]3c3ccc(C4CC4)cc3)cc2N(C)C1. The second-order valence-electron chi connectivity index (χ2n) is 9.51. The van der Waals surface area contributed by atoms with Crippen LogP contribution in [-0.2, 0) is 10.3 Å². The molecule has 31 heavy (non-hydrogen) atoms. The lowest BCUT2D eigenvalue weighted by Crippen LogP contribution is -2.52. The van der Waals surface area contributed by atoms with Crippen molar-refractivity contribution in [3.8, 4) is 0 Å². The van der Waals surface area contributed by atoms with Gasteiger partial charge in [0.25, 0.3) is 0 Å². The Bertz CT molecular complexity index is 1110. The second kappa shape index (κ2) is 6.98. The number of benzene rings is 2. The number of anilines is 1. The summed E-state index contributed by atoms with van der Waals surface area (Å²) in [6.45, 7) is 5.08. The Kier molecular flexibility index (Phi) is 4.47. The third-order valence-electron chi connectivity index (χ3n) is 7.06.